The highest BCUT2D eigenvalue weighted by atomic mass is 35.5. The molecule has 0 heterocycles. The summed E-state index contributed by atoms with van der Waals surface area (Å²) in [5, 5.41) is 5.25. The van der Waals surface area contributed by atoms with Crippen molar-refractivity contribution in [3.05, 3.63) is 28.8 Å². The highest BCUT2D eigenvalue weighted by molar-refractivity contribution is 7.89. The third kappa shape index (κ3) is 3.50. The first-order chi connectivity index (χ1) is 9.27. The third-order valence-corrected chi connectivity index (χ3v) is 4.66. The van der Waals surface area contributed by atoms with Crippen molar-refractivity contribution in [1.82, 2.24) is 4.90 Å². The number of rotatable bonds is 4. The smallest absolute Gasteiger partial charge is 0.253 e. The van der Waals surface area contributed by atoms with E-state index in [4.69, 9.17) is 16.7 Å². The fraction of sp³-hybridized carbons (Fsp3) is 0.462. The number of nitrogens with zero attached hydrogens (tertiary/aromatic N) is 1. The summed E-state index contributed by atoms with van der Waals surface area (Å²) < 4.78 is 22.7. The van der Waals surface area contributed by atoms with E-state index in [1.807, 2.05) is 0 Å². The highest BCUT2D eigenvalue weighted by Crippen LogP contribution is 2.27. The monoisotopic (exact) mass is 316 g/mol. The molecule has 1 aromatic rings. The lowest BCUT2D eigenvalue weighted by Crippen LogP contribution is -2.34. The van der Waals surface area contributed by atoms with E-state index >= 15 is 0 Å². The predicted octanol–water partition coefficient (Wildman–Crippen LogP) is 1.86. The molecule has 1 aromatic carbocycles. The number of primary sulfonamides is 1. The summed E-state index contributed by atoms with van der Waals surface area (Å²) >= 11 is 5.86. The van der Waals surface area contributed by atoms with Crippen LogP contribution < -0.4 is 5.14 Å². The summed E-state index contributed by atoms with van der Waals surface area (Å²) in [7, 11) is -2.17. The third-order valence-electron chi connectivity index (χ3n) is 3.55. The standard InChI is InChI=1S/C13H17ClN2O3S/c1-16(8-9-3-2-4-9)13(17)10-5-11(14)7-12(6-10)20(15,18)19/h5-7,9H,2-4,8H2,1H3,(H2,15,18,19). The lowest BCUT2D eigenvalue weighted by atomic mass is 9.85. The lowest BCUT2D eigenvalue weighted by molar-refractivity contribution is 0.0745. The second kappa shape index (κ2) is 5.71. The molecule has 0 aromatic heterocycles. The van der Waals surface area contributed by atoms with Gasteiger partial charge in [0.15, 0.2) is 0 Å². The number of nitrogens with two attached hydrogens (primary N) is 1. The van der Waals surface area contributed by atoms with Gasteiger partial charge in [0.25, 0.3) is 5.91 Å². The fourth-order valence-corrected chi connectivity index (χ4v) is 3.10. The Hall–Kier alpha value is -1.11. The van der Waals surface area contributed by atoms with Crippen LogP contribution in [0.2, 0.25) is 5.02 Å². The van der Waals surface area contributed by atoms with Crippen molar-refractivity contribution in [2.45, 2.75) is 24.2 Å². The molecule has 0 saturated heterocycles. The Morgan fingerprint density at radius 1 is 1.40 bits per heavy atom. The molecule has 1 amide bonds. The van der Waals surface area contributed by atoms with Gasteiger partial charge in [0.2, 0.25) is 10.0 Å². The second-order valence-corrected chi connectivity index (χ2v) is 7.20. The van der Waals surface area contributed by atoms with Crippen molar-refractivity contribution >= 4 is 27.5 Å². The molecule has 1 fully saturated rings. The van der Waals surface area contributed by atoms with Crippen LogP contribution in [0, 0.1) is 5.92 Å². The average Bonchev–Trinajstić information content (AvgIpc) is 2.30. The van der Waals surface area contributed by atoms with Gasteiger partial charge in [-0.2, -0.15) is 0 Å². The van der Waals surface area contributed by atoms with Gasteiger partial charge in [0, 0.05) is 24.2 Å². The SMILES string of the molecule is CN(CC1CCC1)C(=O)c1cc(Cl)cc(S(N)(=O)=O)c1. The summed E-state index contributed by atoms with van der Waals surface area (Å²) in [5.74, 6) is 0.296. The minimum absolute atomic E-state index is 0.148. The van der Waals surface area contributed by atoms with Crippen molar-refractivity contribution in [3.63, 3.8) is 0 Å². The van der Waals surface area contributed by atoms with Gasteiger partial charge >= 0.3 is 0 Å². The van der Waals surface area contributed by atoms with Crippen LogP contribution in [-0.4, -0.2) is 32.8 Å². The van der Waals surface area contributed by atoms with Crippen molar-refractivity contribution in [3.8, 4) is 0 Å². The van der Waals surface area contributed by atoms with Gasteiger partial charge in [0.1, 0.15) is 0 Å². The molecule has 20 heavy (non-hydrogen) atoms. The summed E-state index contributed by atoms with van der Waals surface area (Å²) in [6.07, 6.45) is 3.48. The maximum absolute atomic E-state index is 12.3. The Bertz CT molecular complexity index is 627. The van der Waals surface area contributed by atoms with Gasteiger partial charge in [0.05, 0.1) is 4.90 Å². The van der Waals surface area contributed by atoms with Crippen LogP contribution in [-0.2, 0) is 10.0 Å². The maximum Gasteiger partial charge on any atom is 0.253 e. The average molecular weight is 317 g/mol. The van der Waals surface area contributed by atoms with E-state index in [9.17, 15) is 13.2 Å². The number of amides is 1. The summed E-state index contributed by atoms with van der Waals surface area (Å²) in [4.78, 5) is 13.7. The Morgan fingerprint density at radius 2 is 2.05 bits per heavy atom. The Kier molecular flexibility index (Phi) is 4.36. The molecular formula is C13H17ClN2O3S. The molecule has 0 radical (unpaired) electrons. The number of sulfonamides is 1. The molecule has 0 spiro atoms. The van der Waals surface area contributed by atoms with Crippen LogP contribution in [0.25, 0.3) is 0 Å². The second-order valence-electron chi connectivity index (χ2n) is 5.20. The van der Waals surface area contributed by atoms with Gasteiger partial charge in [-0.25, -0.2) is 13.6 Å². The molecule has 5 nitrogen and oxygen atoms in total. The topological polar surface area (TPSA) is 80.5 Å². The summed E-state index contributed by atoms with van der Waals surface area (Å²) in [6.45, 7) is 0.677. The quantitative estimate of drug-likeness (QED) is 0.920. The molecule has 1 aliphatic carbocycles. The largest absolute Gasteiger partial charge is 0.341 e. The molecule has 7 heteroatoms. The van der Waals surface area contributed by atoms with Gasteiger partial charge in [-0.15, -0.1) is 0 Å². The van der Waals surface area contributed by atoms with Crippen molar-refractivity contribution in [2.24, 2.45) is 11.1 Å². The molecule has 1 aliphatic rings. The van der Waals surface area contributed by atoms with E-state index in [1.165, 1.54) is 24.6 Å². The van der Waals surface area contributed by atoms with Crippen LogP contribution in [0.5, 0.6) is 0 Å². The van der Waals surface area contributed by atoms with E-state index in [-0.39, 0.29) is 21.4 Å². The lowest BCUT2D eigenvalue weighted by Gasteiger charge is -2.30. The predicted molar refractivity (Wildman–Crippen MR) is 77.1 cm³/mol. The molecule has 0 aliphatic heterocycles. The van der Waals surface area contributed by atoms with Gasteiger partial charge in [-0.3, -0.25) is 4.79 Å². The molecule has 0 bridgehead atoms. The van der Waals surface area contributed by atoms with Crippen molar-refractivity contribution < 1.29 is 13.2 Å². The van der Waals surface area contributed by atoms with E-state index in [2.05, 4.69) is 0 Å². The van der Waals surface area contributed by atoms with Gasteiger partial charge < -0.3 is 4.90 Å². The van der Waals surface area contributed by atoms with Crippen LogP contribution in [0.15, 0.2) is 23.1 Å². The molecule has 2 N–H and O–H groups in total. The minimum atomic E-state index is -3.88. The normalized spacial score (nSPS) is 15.8. The van der Waals surface area contributed by atoms with E-state index < -0.39 is 10.0 Å². The number of halogens is 1. The van der Waals surface area contributed by atoms with E-state index in [0.29, 0.717) is 12.5 Å². The zero-order chi connectivity index (χ0) is 14.9. The fourth-order valence-electron chi connectivity index (χ4n) is 2.22. The Labute approximate surface area is 123 Å². The van der Waals surface area contributed by atoms with Crippen LogP contribution in [0.1, 0.15) is 29.6 Å². The zero-order valence-electron chi connectivity index (χ0n) is 11.2. The van der Waals surface area contributed by atoms with Crippen LogP contribution in [0.3, 0.4) is 0 Å². The first-order valence-electron chi connectivity index (χ1n) is 6.36. The molecule has 2 rings (SSSR count). The molecule has 1 saturated carbocycles. The van der Waals surface area contributed by atoms with Crippen molar-refractivity contribution in [2.75, 3.05) is 13.6 Å². The molecule has 0 atom stereocenters. The van der Waals surface area contributed by atoms with E-state index in [1.54, 1.807) is 11.9 Å². The first kappa shape index (κ1) is 15.3. The minimum Gasteiger partial charge on any atom is -0.341 e. The molecule has 0 unspecified atom stereocenters. The Balaban J connectivity index is 2.22. The number of carbonyl (C=O) groups is 1. The zero-order valence-corrected chi connectivity index (χ0v) is 12.7. The van der Waals surface area contributed by atoms with Crippen LogP contribution in [0.4, 0.5) is 0 Å². The van der Waals surface area contributed by atoms with Gasteiger partial charge in [-0.1, -0.05) is 18.0 Å². The van der Waals surface area contributed by atoms with Gasteiger partial charge in [-0.05, 0) is 37.0 Å². The molecule has 110 valence electrons. The number of hydrogen-bond donors (Lipinski definition) is 1. The summed E-state index contributed by atoms with van der Waals surface area (Å²) in [6, 6.07) is 3.95. The van der Waals surface area contributed by atoms with Crippen molar-refractivity contribution in [1.29, 1.82) is 0 Å². The number of carbonyl (C=O) groups excluding carboxylic acids is 1. The molecular weight excluding hydrogens is 300 g/mol. The number of benzene rings is 1. The Morgan fingerprint density at radius 3 is 2.55 bits per heavy atom. The van der Waals surface area contributed by atoms with Crippen LogP contribution >= 0.6 is 11.6 Å². The first-order valence-corrected chi connectivity index (χ1v) is 8.28. The highest BCUT2D eigenvalue weighted by Gasteiger charge is 2.23. The van der Waals surface area contributed by atoms with E-state index in [0.717, 1.165) is 12.8 Å². The summed E-state index contributed by atoms with van der Waals surface area (Å²) in [5.41, 5.74) is 0.239. The number of hydrogen-bond acceptors (Lipinski definition) is 3. The maximum atomic E-state index is 12.3.